The van der Waals surface area contributed by atoms with Crippen molar-refractivity contribution in [2.75, 3.05) is 25.1 Å². The molecule has 4 heteroatoms. The van der Waals surface area contributed by atoms with Crippen molar-refractivity contribution < 1.29 is 9.53 Å². The van der Waals surface area contributed by atoms with Gasteiger partial charge in [-0.2, -0.15) is 0 Å². The summed E-state index contributed by atoms with van der Waals surface area (Å²) in [5, 5.41) is 6.41. The molecule has 0 aromatic heterocycles. The van der Waals surface area contributed by atoms with Gasteiger partial charge in [-0.25, -0.2) is 0 Å². The van der Waals surface area contributed by atoms with Gasteiger partial charge in [0.05, 0.1) is 6.54 Å². The van der Waals surface area contributed by atoms with Crippen LogP contribution in [0.5, 0.6) is 0 Å². The van der Waals surface area contributed by atoms with Gasteiger partial charge in [-0.15, -0.1) is 0 Å². The van der Waals surface area contributed by atoms with Gasteiger partial charge in [0, 0.05) is 24.9 Å². The van der Waals surface area contributed by atoms with Crippen LogP contribution in [0.25, 0.3) is 0 Å². The highest BCUT2D eigenvalue weighted by atomic mass is 16.5. The van der Waals surface area contributed by atoms with Crippen molar-refractivity contribution in [1.82, 2.24) is 5.32 Å². The molecule has 1 aliphatic heterocycles. The molecule has 0 unspecified atom stereocenters. The Morgan fingerprint density at radius 2 is 2.00 bits per heavy atom. The molecule has 2 N–H and O–H groups in total. The minimum Gasteiger partial charge on any atom is -0.381 e. The lowest BCUT2D eigenvalue weighted by molar-refractivity contribution is -0.120. The minimum absolute atomic E-state index is 0.0790. The van der Waals surface area contributed by atoms with E-state index in [-0.39, 0.29) is 11.9 Å². The molecular formula is C17H24N2O2. The smallest absolute Gasteiger partial charge is 0.239 e. The van der Waals surface area contributed by atoms with Crippen molar-refractivity contribution in [2.45, 2.75) is 44.6 Å². The van der Waals surface area contributed by atoms with E-state index in [2.05, 4.69) is 28.8 Å². The molecule has 4 nitrogen and oxygen atoms in total. The van der Waals surface area contributed by atoms with Crippen LogP contribution in [0.15, 0.2) is 18.2 Å². The monoisotopic (exact) mass is 288 g/mol. The number of hydrogen-bond acceptors (Lipinski definition) is 3. The molecule has 0 atom stereocenters. The third kappa shape index (κ3) is 3.76. The highest BCUT2D eigenvalue weighted by molar-refractivity contribution is 5.81. The molecule has 1 aliphatic carbocycles. The van der Waals surface area contributed by atoms with E-state index in [1.165, 1.54) is 30.4 Å². The zero-order chi connectivity index (χ0) is 14.5. The lowest BCUT2D eigenvalue weighted by atomic mass is 9.90. The lowest BCUT2D eigenvalue weighted by Crippen LogP contribution is -2.41. The van der Waals surface area contributed by atoms with Crippen LogP contribution in [0.3, 0.4) is 0 Å². The van der Waals surface area contributed by atoms with Gasteiger partial charge >= 0.3 is 0 Å². The molecular weight excluding hydrogens is 264 g/mol. The number of anilines is 1. The maximum Gasteiger partial charge on any atom is 0.239 e. The standard InChI is InChI=1S/C17H24N2O2/c20-17(19-14-8-10-21-11-9-14)12-18-16-7-3-5-13-4-1-2-6-15(13)16/h3,5,7,14,18H,1-2,4,6,8-12H2,(H,19,20). The third-order valence-electron chi connectivity index (χ3n) is 4.42. The maximum atomic E-state index is 12.0. The molecule has 1 aromatic carbocycles. The van der Waals surface area contributed by atoms with Gasteiger partial charge in [0.1, 0.15) is 0 Å². The number of carbonyl (C=O) groups is 1. The zero-order valence-electron chi connectivity index (χ0n) is 12.5. The van der Waals surface area contributed by atoms with Crippen LogP contribution in [0.1, 0.15) is 36.8 Å². The second-order valence-electron chi connectivity index (χ2n) is 5.96. The predicted molar refractivity (Wildman–Crippen MR) is 83.6 cm³/mol. The summed E-state index contributed by atoms with van der Waals surface area (Å²) in [6.45, 7) is 1.86. The van der Waals surface area contributed by atoms with E-state index >= 15 is 0 Å². The first-order valence-electron chi connectivity index (χ1n) is 8.04. The number of fused-ring (bicyclic) bond motifs is 1. The molecule has 1 heterocycles. The number of ether oxygens (including phenoxy) is 1. The maximum absolute atomic E-state index is 12.0. The second-order valence-corrected chi connectivity index (χ2v) is 5.96. The van der Waals surface area contributed by atoms with Gasteiger partial charge in [-0.1, -0.05) is 12.1 Å². The summed E-state index contributed by atoms with van der Waals surface area (Å²) < 4.78 is 5.31. The summed E-state index contributed by atoms with van der Waals surface area (Å²) in [5.41, 5.74) is 3.98. The fourth-order valence-corrected chi connectivity index (χ4v) is 3.24. The summed E-state index contributed by atoms with van der Waals surface area (Å²) in [7, 11) is 0. The van der Waals surface area contributed by atoms with E-state index in [4.69, 9.17) is 4.74 Å². The molecule has 0 bridgehead atoms. The van der Waals surface area contributed by atoms with Gasteiger partial charge in [0.25, 0.3) is 0 Å². The van der Waals surface area contributed by atoms with E-state index in [0.717, 1.165) is 38.2 Å². The van der Waals surface area contributed by atoms with Crippen LogP contribution < -0.4 is 10.6 Å². The Bertz CT molecular complexity index is 496. The molecule has 1 amide bonds. The molecule has 21 heavy (non-hydrogen) atoms. The number of hydrogen-bond donors (Lipinski definition) is 2. The van der Waals surface area contributed by atoms with Crippen LogP contribution in [0.2, 0.25) is 0 Å². The van der Waals surface area contributed by atoms with Crippen molar-refractivity contribution in [3.05, 3.63) is 29.3 Å². The molecule has 114 valence electrons. The first kappa shape index (κ1) is 14.4. The molecule has 2 aliphatic rings. The quantitative estimate of drug-likeness (QED) is 0.893. The molecule has 0 spiro atoms. The largest absolute Gasteiger partial charge is 0.381 e. The topological polar surface area (TPSA) is 50.4 Å². The fraction of sp³-hybridized carbons (Fsp3) is 0.588. The molecule has 0 radical (unpaired) electrons. The Balaban J connectivity index is 1.53. The van der Waals surface area contributed by atoms with Gasteiger partial charge in [0.2, 0.25) is 5.91 Å². The van der Waals surface area contributed by atoms with Crippen molar-refractivity contribution in [2.24, 2.45) is 0 Å². The Hall–Kier alpha value is -1.55. The van der Waals surface area contributed by atoms with E-state index in [1.54, 1.807) is 0 Å². The zero-order valence-corrected chi connectivity index (χ0v) is 12.5. The van der Waals surface area contributed by atoms with Gasteiger partial charge in [0.15, 0.2) is 0 Å². The number of amides is 1. The van der Waals surface area contributed by atoms with Crippen molar-refractivity contribution in [1.29, 1.82) is 0 Å². The average molecular weight is 288 g/mol. The Morgan fingerprint density at radius 1 is 1.19 bits per heavy atom. The van der Waals surface area contributed by atoms with Crippen molar-refractivity contribution >= 4 is 11.6 Å². The number of rotatable bonds is 4. The van der Waals surface area contributed by atoms with E-state index in [1.807, 2.05) is 0 Å². The first-order chi connectivity index (χ1) is 10.3. The lowest BCUT2D eigenvalue weighted by Gasteiger charge is -2.24. The van der Waals surface area contributed by atoms with E-state index in [9.17, 15) is 4.79 Å². The molecule has 1 aromatic rings. The highest BCUT2D eigenvalue weighted by Gasteiger charge is 2.17. The Labute approximate surface area is 126 Å². The molecule has 3 rings (SSSR count). The van der Waals surface area contributed by atoms with Gasteiger partial charge in [-0.05, 0) is 55.7 Å². The van der Waals surface area contributed by atoms with Gasteiger partial charge < -0.3 is 15.4 Å². The first-order valence-corrected chi connectivity index (χ1v) is 8.04. The van der Waals surface area contributed by atoms with Crippen LogP contribution in [0, 0.1) is 0 Å². The summed E-state index contributed by atoms with van der Waals surface area (Å²) in [6, 6.07) is 6.66. The Morgan fingerprint density at radius 3 is 2.86 bits per heavy atom. The second kappa shape index (κ2) is 6.94. The number of carbonyl (C=O) groups excluding carboxylic acids is 1. The number of benzene rings is 1. The van der Waals surface area contributed by atoms with Crippen molar-refractivity contribution in [3.8, 4) is 0 Å². The Kier molecular flexibility index (Phi) is 4.76. The molecule has 1 fully saturated rings. The molecule has 0 saturated carbocycles. The summed E-state index contributed by atoms with van der Waals surface area (Å²) in [4.78, 5) is 12.0. The van der Waals surface area contributed by atoms with Gasteiger partial charge in [-0.3, -0.25) is 4.79 Å². The highest BCUT2D eigenvalue weighted by Crippen LogP contribution is 2.27. The van der Waals surface area contributed by atoms with E-state index < -0.39 is 0 Å². The van der Waals surface area contributed by atoms with Crippen LogP contribution in [0.4, 0.5) is 5.69 Å². The SMILES string of the molecule is O=C(CNc1cccc2c1CCCC2)NC1CCOCC1. The van der Waals surface area contributed by atoms with Crippen LogP contribution in [-0.4, -0.2) is 31.7 Å². The van der Waals surface area contributed by atoms with Crippen LogP contribution >= 0.6 is 0 Å². The third-order valence-corrected chi connectivity index (χ3v) is 4.42. The summed E-state index contributed by atoms with van der Waals surface area (Å²) in [5.74, 6) is 0.0790. The average Bonchev–Trinajstić information content (AvgIpc) is 2.54. The number of nitrogens with one attached hydrogen (secondary N) is 2. The molecule has 1 saturated heterocycles. The predicted octanol–water partition coefficient (Wildman–Crippen LogP) is 2.27. The normalized spacial score (nSPS) is 18.9. The van der Waals surface area contributed by atoms with Crippen molar-refractivity contribution in [3.63, 3.8) is 0 Å². The summed E-state index contributed by atoms with van der Waals surface area (Å²) in [6.07, 6.45) is 6.67. The van der Waals surface area contributed by atoms with E-state index in [0.29, 0.717) is 6.54 Å². The van der Waals surface area contributed by atoms with Crippen LogP contribution in [-0.2, 0) is 22.4 Å². The fourth-order valence-electron chi connectivity index (χ4n) is 3.24. The number of aryl methyl sites for hydroxylation is 1. The summed E-state index contributed by atoms with van der Waals surface area (Å²) >= 11 is 0. The minimum atomic E-state index is 0.0790.